The van der Waals surface area contributed by atoms with Gasteiger partial charge in [-0.25, -0.2) is 4.39 Å². The smallest absolute Gasteiger partial charge is 0.266 e. The van der Waals surface area contributed by atoms with Gasteiger partial charge in [-0.05, 0) is 37.6 Å². The molecule has 0 aromatic heterocycles. The van der Waals surface area contributed by atoms with Gasteiger partial charge in [0.1, 0.15) is 6.04 Å². The van der Waals surface area contributed by atoms with Crippen molar-refractivity contribution in [2.45, 2.75) is 25.0 Å². The van der Waals surface area contributed by atoms with Gasteiger partial charge < -0.3 is 23.8 Å². The Morgan fingerprint density at radius 1 is 0.970 bits per heavy atom. The molecule has 0 radical (unpaired) electrons. The van der Waals surface area contributed by atoms with Gasteiger partial charge in [0.25, 0.3) is 5.91 Å². The van der Waals surface area contributed by atoms with E-state index >= 15 is 0 Å². The third-order valence-corrected chi connectivity index (χ3v) is 6.22. The van der Waals surface area contributed by atoms with Crippen LogP contribution in [0.5, 0.6) is 17.2 Å². The van der Waals surface area contributed by atoms with E-state index in [-0.39, 0.29) is 11.7 Å². The molecule has 178 valence electrons. The number of carbonyl (C=O) groups is 1. The molecule has 2 aliphatic rings. The summed E-state index contributed by atoms with van der Waals surface area (Å²) in [6.45, 7) is 5.02. The number of methoxy groups -OCH3 is 2. The number of β-lactam (4-membered cyclic amide) rings is 1. The van der Waals surface area contributed by atoms with Gasteiger partial charge in [0.05, 0.1) is 27.4 Å². The summed E-state index contributed by atoms with van der Waals surface area (Å²) in [5.74, 6) is 0.545. The Hall–Kier alpha value is -2.84. The molecule has 8 heteroatoms. The zero-order valence-corrected chi connectivity index (χ0v) is 19.2. The number of likely N-dealkylation sites (tertiary alicyclic amines) is 1. The first-order valence-corrected chi connectivity index (χ1v) is 11.4. The first kappa shape index (κ1) is 23.3. The number of benzene rings is 2. The van der Waals surface area contributed by atoms with Crippen LogP contribution in [0.3, 0.4) is 0 Å². The number of para-hydroxylation sites is 2. The first-order chi connectivity index (χ1) is 16.1. The average molecular weight is 459 g/mol. The highest BCUT2D eigenvalue weighted by Crippen LogP contribution is 2.45. The molecule has 2 saturated heterocycles. The molecule has 2 aromatic carbocycles. The molecule has 2 aromatic rings. The Balaban J connectivity index is 1.50. The lowest BCUT2D eigenvalue weighted by atomic mass is 9.89. The summed E-state index contributed by atoms with van der Waals surface area (Å²) in [5, 5.41) is 0. The quantitative estimate of drug-likeness (QED) is 0.402. The summed E-state index contributed by atoms with van der Waals surface area (Å²) < 4.78 is 36.6. The van der Waals surface area contributed by atoms with Gasteiger partial charge in [-0.15, -0.1) is 0 Å². The Labute approximate surface area is 194 Å². The molecule has 0 unspecified atom stereocenters. The van der Waals surface area contributed by atoms with E-state index < -0.39 is 18.0 Å². The highest BCUT2D eigenvalue weighted by molar-refractivity contribution is 5.89. The Bertz CT molecular complexity index is 950. The number of hydrogen-bond donors (Lipinski definition) is 0. The van der Waals surface area contributed by atoms with Crippen LogP contribution in [0, 0.1) is 5.82 Å². The van der Waals surface area contributed by atoms with E-state index in [1.54, 1.807) is 31.3 Å². The molecule has 0 bridgehead atoms. The summed E-state index contributed by atoms with van der Waals surface area (Å²) in [6.07, 6.45) is 1.00. The number of unbranched alkanes of at least 4 members (excludes halogenated alkanes) is 1. The number of amides is 1. The highest BCUT2D eigenvalue weighted by atomic mass is 19.1. The molecule has 2 atom stereocenters. The largest absolute Gasteiger partial charge is 0.493 e. The number of halogens is 1. The van der Waals surface area contributed by atoms with Gasteiger partial charge >= 0.3 is 0 Å². The Morgan fingerprint density at radius 2 is 1.70 bits per heavy atom. The van der Waals surface area contributed by atoms with Crippen molar-refractivity contribution in [3.8, 4) is 17.2 Å². The summed E-state index contributed by atoms with van der Waals surface area (Å²) in [4.78, 5) is 17.3. The monoisotopic (exact) mass is 458 g/mol. The molecule has 4 rings (SSSR count). The standard InChI is InChI=1S/C25H31FN2O5/c1-30-21-11-7-8-18(23(21)31-2)22-24(33-20-10-4-3-9-19(20)26)25(29)28(22)13-6-5-12-27-14-16-32-17-15-27/h3-4,7-11,22,24H,5-6,12-17H2,1-2H3/t22-,24-/m1/s1. The van der Waals surface area contributed by atoms with Crippen LogP contribution in [0.2, 0.25) is 0 Å². The van der Waals surface area contributed by atoms with Crippen molar-refractivity contribution < 1.29 is 28.1 Å². The predicted molar refractivity (Wildman–Crippen MR) is 121 cm³/mol. The second kappa shape index (κ2) is 10.9. The Morgan fingerprint density at radius 3 is 2.42 bits per heavy atom. The third-order valence-electron chi connectivity index (χ3n) is 6.22. The molecule has 0 saturated carbocycles. The van der Waals surface area contributed by atoms with E-state index in [9.17, 15) is 9.18 Å². The summed E-state index contributed by atoms with van der Waals surface area (Å²) in [6, 6.07) is 11.3. The number of rotatable bonds is 10. The molecule has 0 spiro atoms. The Kier molecular flexibility index (Phi) is 7.67. The summed E-state index contributed by atoms with van der Waals surface area (Å²) in [5.41, 5.74) is 0.783. The fourth-order valence-electron chi connectivity index (χ4n) is 4.48. The number of carbonyl (C=O) groups excluding carboxylic acids is 1. The van der Waals surface area contributed by atoms with Crippen LogP contribution < -0.4 is 14.2 Å². The van der Waals surface area contributed by atoms with Crippen LogP contribution in [-0.4, -0.2) is 75.4 Å². The van der Waals surface area contributed by atoms with Crippen LogP contribution in [-0.2, 0) is 9.53 Å². The van der Waals surface area contributed by atoms with Crippen LogP contribution in [0.25, 0.3) is 0 Å². The van der Waals surface area contributed by atoms with Crippen molar-refractivity contribution in [1.82, 2.24) is 9.80 Å². The number of ether oxygens (including phenoxy) is 4. The van der Waals surface area contributed by atoms with Crippen molar-refractivity contribution in [2.75, 3.05) is 53.6 Å². The molecule has 2 heterocycles. The summed E-state index contributed by atoms with van der Waals surface area (Å²) in [7, 11) is 3.14. The van der Waals surface area contributed by atoms with Gasteiger partial charge in [0.15, 0.2) is 23.1 Å². The molecule has 0 N–H and O–H groups in total. The molecule has 7 nitrogen and oxygen atoms in total. The van der Waals surface area contributed by atoms with Crippen molar-refractivity contribution >= 4 is 5.91 Å². The number of hydrogen-bond acceptors (Lipinski definition) is 6. The molecule has 2 fully saturated rings. The van der Waals surface area contributed by atoms with Crippen LogP contribution in [0.15, 0.2) is 42.5 Å². The van der Waals surface area contributed by atoms with Crippen molar-refractivity contribution in [3.63, 3.8) is 0 Å². The van der Waals surface area contributed by atoms with E-state index in [2.05, 4.69) is 4.90 Å². The normalized spacial score (nSPS) is 20.9. The van der Waals surface area contributed by atoms with E-state index in [1.165, 1.54) is 12.1 Å². The molecule has 0 aliphatic carbocycles. The third kappa shape index (κ3) is 5.07. The zero-order valence-electron chi connectivity index (χ0n) is 19.2. The summed E-state index contributed by atoms with van der Waals surface area (Å²) >= 11 is 0. The second-order valence-corrected chi connectivity index (χ2v) is 8.19. The molecular weight excluding hydrogens is 427 g/mol. The lowest BCUT2D eigenvalue weighted by Crippen LogP contribution is -2.61. The maximum atomic E-state index is 14.2. The predicted octanol–water partition coefficient (Wildman–Crippen LogP) is 3.29. The maximum Gasteiger partial charge on any atom is 0.266 e. The molecule has 1 amide bonds. The van der Waals surface area contributed by atoms with E-state index in [0.29, 0.717) is 18.0 Å². The van der Waals surface area contributed by atoms with Crippen LogP contribution in [0.4, 0.5) is 4.39 Å². The topological polar surface area (TPSA) is 60.5 Å². The SMILES string of the molecule is COc1cccc([C@@H]2[C@@H](Oc3ccccc3F)C(=O)N2CCCCN2CCOCC2)c1OC. The minimum absolute atomic E-state index is 0.0645. The lowest BCUT2D eigenvalue weighted by molar-refractivity contribution is -0.164. The van der Waals surface area contributed by atoms with E-state index in [0.717, 1.165) is 51.3 Å². The van der Waals surface area contributed by atoms with Gasteiger partial charge in [-0.1, -0.05) is 24.3 Å². The highest BCUT2D eigenvalue weighted by Gasteiger charge is 2.51. The lowest BCUT2D eigenvalue weighted by Gasteiger charge is -2.47. The molecular formula is C25H31FN2O5. The van der Waals surface area contributed by atoms with E-state index in [4.69, 9.17) is 18.9 Å². The van der Waals surface area contributed by atoms with Gasteiger partial charge in [-0.3, -0.25) is 9.69 Å². The number of nitrogens with zero attached hydrogens (tertiary/aromatic N) is 2. The zero-order chi connectivity index (χ0) is 23.2. The van der Waals surface area contributed by atoms with Crippen molar-refractivity contribution in [3.05, 3.63) is 53.8 Å². The van der Waals surface area contributed by atoms with Crippen LogP contribution >= 0.6 is 0 Å². The van der Waals surface area contributed by atoms with Crippen LogP contribution in [0.1, 0.15) is 24.4 Å². The fourth-order valence-corrected chi connectivity index (χ4v) is 4.48. The number of morpholine rings is 1. The fraction of sp³-hybridized carbons (Fsp3) is 0.480. The second-order valence-electron chi connectivity index (χ2n) is 8.19. The first-order valence-electron chi connectivity index (χ1n) is 11.4. The molecule has 33 heavy (non-hydrogen) atoms. The van der Waals surface area contributed by atoms with E-state index in [1.807, 2.05) is 18.2 Å². The minimum atomic E-state index is -0.831. The van der Waals surface area contributed by atoms with Gasteiger partial charge in [0, 0.05) is 25.2 Å². The van der Waals surface area contributed by atoms with Gasteiger partial charge in [0.2, 0.25) is 6.10 Å². The van der Waals surface area contributed by atoms with Crippen molar-refractivity contribution in [1.29, 1.82) is 0 Å². The average Bonchev–Trinajstić information content (AvgIpc) is 2.85. The maximum absolute atomic E-state index is 14.2. The molecule has 2 aliphatic heterocycles. The van der Waals surface area contributed by atoms with Crippen molar-refractivity contribution in [2.24, 2.45) is 0 Å². The van der Waals surface area contributed by atoms with Gasteiger partial charge in [-0.2, -0.15) is 0 Å². The minimum Gasteiger partial charge on any atom is -0.493 e.